The van der Waals surface area contributed by atoms with E-state index in [4.69, 9.17) is 5.11 Å². The second-order valence-electron chi connectivity index (χ2n) is 4.59. The first kappa shape index (κ1) is 16.2. The molecule has 0 fully saturated rings. The number of anilines is 1. The number of rotatable bonds is 9. The largest absolute Gasteiger partial charge is 0.480 e. The molecule has 0 saturated carbocycles. The smallest absolute Gasteiger partial charge is 0.317 e. The number of carbonyl (C=O) groups is 2. The van der Waals surface area contributed by atoms with Crippen molar-refractivity contribution in [2.24, 2.45) is 0 Å². The average Bonchev–Trinajstić information content (AvgIpc) is 2.76. The zero-order valence-electron chi connectivity index (χ0n) is 12.0. The first-order chi connectivity index (χ1) is 9.56. The summed E-state index contributed by atoms with van der Waals surface area (Å²) in [5.74, 6) is -0.511. The van der Waals surface area contributed by atoms with Crippen LogP contribution in [-0.4, -0.2) is 51.3 Å². The number of hydrogen-bond donors (Lipinski definition) is 2. The monoisotopic (exact) mass is 282 g/mol. The summed E-state index contributed by atoms with van der Waals surface area (Å²) < 4.78 is 1.72. The predicted octanol–water partition coefficient (Wildman–Crippen LogP) is 1.03. The van der Waals surface area contributed by atoms with E-state index in [-0.39, 0.29) is 19.0 Å². The summed E-state index contributed by atoms with van der Waals surface area (Å²) in [6, 6.07) is 1.73. The molecule has 0 aliphatic carbocycles. The Hall–Kier alpha value is -1.89. The van der Waals surface area contributed by atoms with Gasteiger partial charge in [-0.05, 0) is 19.4 Å². The third-order valence-corrected chi connectivity index (χ3v) is 2.69. The Balaban J connectivity index is 2.56. The first-order valence-corrected chi connectivity index (χ1v) is 6.82. The minimum Gasteiger partial charge on any atom is -0.480 e. The van der Waals surface area contributed by atoms with Crippen LogP contribution < -0.4 is 5.32 Å². The lowest BCUT2D eigenvalue weighted by molar-refractivity contribution is -0.138. The molecule has 0 saturated heterocycles. The van der Waals surface area contributed by atoms with Gasteiger partial charge in [0, 0.05) is 12.6 Å². The normalized spacial score (nSPS) is 10.8. The molecule has 0 aliphatic heterocycles. The average molecular weight is 282 g/mol. The Bertz CT molecular complexity index is 445. The number of carbonyl (C=O) groups excluding carboxylic acids is 1. The summed E-state index contributed by atoms with van der Waals surface area (Å²) in [5.41, 5.74) is 0. The van der Waals surface area contributed by atoms with Crippen molar-refractivity contribution >= 4 is 17.7 Å². The molecule has 0 bridgehead atoms. The Kier molecular flexibility index (Phi) is 6.72. The Morgan fingerprint density at radius 3 is 2.70 bits per heavy atom. The lowest BCUT2D eigenvalue weighted by atomic mass is 10.3. The van der Waals surface area contributed by atoms with Gasteiger partial charge in [-0.2, -0.15) is 5.10 Å². The fourth-order valence-electron chi connectivity index (χ4n) is 1.94. The highest BCUT2D eigenvalue weighted by Gasteiger charge is 2.14. The molecule has 1 rings (SSSR count). The molecule has 0 unspecified atom stereocenters. The van der Waals surface area contributed by atoms with E-state index in [2.05, 4.69) is 10.4 Å². The predicted molar refractivity (Wildman–Crippen MR) is 75.5 cm³/mol. The summed E-state index contributed by atoms with van der Waals surface area (Å²) in [4.78, 5) is 24.3. The number of nitrogens with one attached hydrogen (secondary N) is 1. The summed E-state index contributed by atoms with van der Waals surface area (Å²) in [6.45, 7) is 5.23. The van der Waals surface area contributed by atoms with Crippen molar-refractivity contribution in [3.05, 3.63) is 12.3 Å². The number of aliphatic carboxylic acids is 1. The molecule has 112 valence electrons. The van der Waals surface area contributed by atoms with Crippen LogP contribution >= 0.6 is 0 Å². The van der Waals surface area contributed by atoms with Gasteiger partial charge >= 0.3 is 5.97 Å². The maximum absolute atomic E-state index is 11.9. The highest BCUT2D eigenvalue weighted by molar-refractivity contribution is 5.91. The first-order valence-electron chi connectivity index (χ1n) is 6.82. The standard InChI is InChI=1S/C13H22N4O3/c1-3-7-16(10-13(19)20)9-12(18)15-11-5-6-14-17(11)8-4-2/h5-6H,3-4,7-10H2,1-2H3,(H,15,18)(H,19,20). The summed E-state index contributed by atoms with van der Waals surface area (Å²) >= 11 is 0. The van der Waals surface area contributed by atoms with Crippen molar-refractivity contribution in [2.45, 2.75) is 33.2 Å². The molecule has 0 atom stereocenters. The molecule has 0 aliphatic rings. The summed E-state index contributed by atoms with van der Waals surface area (Å²) in [5, 5.41) is 15.7. The molecule has 7 heteroatoms. The van der Waals surface area contributed by atoms with Crippen LogP contribution in [-0.2, 0) is 16.1 Å². The van der Waals surface area contributed by atoms with Crippen LogP contribution in [0, 0.1) is 0 Å². The van der Waals surface area contributed by atoms with Gasteiger partial charge in [0.1, 0.15) is 5.82 Å². The second kappa shape index (κ2) is 8.31. The molecule has 1 amide bonds. The van der Waals surface area contributed by atoms with Crippen molar-refractivity contribution in [1.29, 1.82) is 0 Å². The Morgan fingerprint density at radius 2 is 2.10 bits per heavy atom. The van der Waals surface area contributed by atoms with Crippen LogP contribution in [0.15, 0.2) is 12.3 Å². The minimum absolute atomic E-state index is 0.0669. The number of carboxylic acids is 1. The highest BCUT2D eigenvalue weighted by atomic mass is 16.4. The van der Waals surface area contributed by atoms with E-state index in [0.29, 0.717) is 12.4 Å². The number of hydrogen-bond acceptors (Lipinski definition) is 4. The van der Waals surface area contributed by atoms with Crippen LogP contribution in [0.2, 0.25) is 0 Å². The van der Waals surface area contributed by atoms with E-state index >= 15 is 0 Å². The SMILES string of the molecule is CCCN(CC(=O)O)CC(=O)Nc1ccnn1CCC. The molecule has 1 aromatic heterocycles. The van der Waals surface area contributed by atoms with Gasteiger partial charge in [0.25, 0.3) is 0 Å². The number of nitrogens with zero attached hydrogens (tertiary/aromatic N) is 3. The fraction of sp³-hybridized carbons (Fsp3) is 0.615. The Labute approximate surface area is 118 Å². The number of amides is 1. The van der Waals surface area contributed by atoms with Gasteiger partial charge in [-0.25, -0.2) is 4.68 Å². The lowest BCUT2D eigenvalue weighted by Gasteiger charge is -2.18. The summed E-state index contributed by atoms with van der Waals surface area (Å²) in [7, 11) is 0. The van der Waals surface area contributed by atoms with Gasteiger partial charge in [0.2, 0.25) is 5.91 Å². The number of carboxylic acid groups (broad SMARTS) is 1. The van der Waals surface area contributed by atoms with Gasteiger partial charge in [-0.1, -0.05) is 13.8 Å². The quantitative estimate of drug-likeness (QED) is 0.706. The fourth-order valence-corrected chi connectivity index (χ4v) is 1.94. The molecule has 2 N–H and O–H groups in total. The third-order valence-electron chi connectivity index (χ3n) is 2.69. The molecule has 1 aromatic rings. The zero-order valence-corrected chi connectivity index (χ0v) is 12.0. The Morgan fingerprint density at radius 1 is 1.35 bits per heavy atom. The van der Waals surface area contributed by atoms with Gasteiger partial charge in [-0.15, -0.1) is 0 Å². The van der Waals surface area contributed by atoms with Gasteiger partial charge < -0.3 is 10.4 Å². The van der Waals surface area contributed by atoms with E-state index in [9.17, 15) is 9.59 Å². The maximum Gasteiger partial charge on any atom is 0.317 e. The van der Waals surface area contributed by atoms with Gasteiger partial charge in [0.05, 0.1) is 19.3 Å². The number of aryl methyl sites for hydroxylation is 1. The van der Waals surface area contributed by atoms with E-state index in [1.54, 1.807) is 21.8 Å². The molecule has 1 heterocycles. The second-order valence-corrected chi connectivity index (χ2v) is 4.59. The molecular weight excluding hydrogens is 260 g/mol. The van der Waals surface area contributed by atoms with Crippen molar-refractivity contribution in [1.82, 2.24) is 14.7 Å². The van der Waals surface area contributed by atoms with Gasteiger partial charge in [-0.3, -0.25) is 14.5 Å². The highest BCUT2D eigenvalue weighted by Crippen LogP contribution is 2.07. The van der Waals surface area contributed by atoms with Crippen molar-refractivity contribution in [3.63, 3.8) is 0 Å². The van der Waals surface area contributed by atoms with E-state index in [1.807, 2.05) is 13.8 Å². The molecule has 0 spiro atoms. The molecule has 0 radical (unpaired) electrons. The van der Waals surface area contributed by atoms with Crippen LogP contribution in [0.1, 0.15) is 26.7 Å². The van der Waals surface area contributed by atoms with Crippen molar-refractivity contribution in [2.75, 3.05) is 25.0 Å². The molecule has 0 aromatic carbocycles. The van der Waals surface area contributed by atoms with E-state index < -0.39 is 5.97 Å². The maximum atomic E-state index is 11.9. The van der Waals surface area contributed by atoms with Crippen molar-refractivity contribution in [3.8, 4) is 0 Å². The van der Waals surface area contributed by atoms with E-state index in [0.717, 1.165) is 19.4 Å². The van der Waals surface area contributed by atoms with Gasteiger partial charge in [0.15, 0.2) is 0 Å². The van der Waals surface area contributed by atoms with Crippen LogP contribution in [0.3, 0.4) is 0 Å². The molecule has 20 heavy (non-hydrogen) atoms. The lowest BCUT2D eigenvalue weighted by Crippen LogP contribution is -2.37. The minimum atomic E-state index is -0.928. The number of aromatic nitrogens is 2. The summed E-state index contributed by atoms with van der Waals surface area (Å²) in [6.07, 6.45) is 3.35. The molecule has 7 nitrogen and oxygen atoms in total. The van der Waals surface area contributed by atoms with Crippen LogP contribution in [0.25, 0.3) is 0 Å². The topological polar surface area (TPSA) is 87.5 Å². The van der Waals surface area contributed by atoms with E-state index in [1.165, 1.54) is 0 Å². The molecular formula is C13H22N4O3. The zero-order chi connectivity index (χ0) is 15.0. The van der Waals surface area contributed by atoms with Crippen molar-refractivity contribution < 1.29 is 14.7 Å². The van der Waals surface area contributed by atoms with Crippen LogP contribution in [0.4, 0.5) is 5.82 Å². The van der Waals surface area contributed by atoms with Crippen LogP contribution in [0.5, 0.6) is 0 Å². The third kappa shape index (κ3) is 5.40.